The fraction of sp³-hybridized carbons (Fsp3) is 0.421. The molecule has 0 N–H and O–H groups in total. The molecule has 1 aliphatic rings. The van der Waals surface area contributed by atoms with E-state index in [4.69, 9.17) is 9.26 Å². The highest BCUT2D eigenvalue weighted by Gasteiger charge is 2.27. The first-order valence-corrected chi connectivity index (χ1v) is 9.61. The Hall–Kier alpha value is -2.25. The second kappa shape index (κ2) is 7.55. The van der Waals surface area contributed by atoms with E-state index in [2.05, 4.69) is 31.8 Å². The summed E-state index contributed by atoms with van der Waals surface area (Å²) in [6.07, 6.45) is 2.28. The molecule has 4 rings (SSSR count). The lowest BCUT2D eigenvalue weighted by atomic mass is 9.93. The zero-order valence-electron chi connectivity index (χ0n) is 15.0. The van der Waals surface area contributed by atoms with Crippen LogP contribution in [0, 0.1) is 6.92 Å². The van der Waals surface area contributed by atoms with Crippen molar-refractivity contribution in [2.45, 2.75) is 32.2 Å². The van der Waals surface area contributed by atoms with E-state index >= 15 is 0 Å². The zero-order chi connectivity index (χ0) is 17.9. The molecule has 1 unspecified atom stereocenters. The number of likely N-dealkylation sites (tertiary alicyclic amines) is 1. The molecule has 3 aromatic rings. The van der Waals surface area contributed by atoms with Crippen molar-refractivity contribution >= 4 is 11.5 Å². The Morgan fingerprint density at radius 3 is 3.08 bits per heavy atom. The third-order valence-corrected chi connectivity index (χ3v) is 5.55. The molecule has 0 radical (unpaired) electrons. The average molecular weight is 370 g/mol. The van der Waals surface area contributed by atoms with Gasteiger partial charge in [-0.1, -0.05) is 21.8 Å². The van der Waals surface area contributed by atoms with E-state index in [1.807, 2.05) is 25.1 Å². The molecule has 0 saturated carbocycles. The standard InChI is InChI=1S/C19H22N4O2S/c1-13-9-17(25-21-13)19-18(20-22-26-19)15-6-4-8-23(12-15)11-14-5-3-7-16(10-14)24-2/h3,5,7,9-10,15H,4,6,8,11-12H2,1-2H3. The van der Waals surface area contributed by atoms with Crippen molar-refractivity contribution in [2.75, 3.05) is 20.2 Å². The maximum absolute atomic E-state index is 5.44. The quantitative estimate of drug-likeness (QED) is 0.679. The number of hydrogen-bond donors (Lipinski definition) is 0. The number of aryl methyl sites for hydroxylation is 1. The SMILES string of the molecule is COc1cccc(CN2CCCC(c3nnsc3-c3cc(C)no3)C2)c1. The lowest BCUT2D eigenvalue weighted by Crippen LogP contribution is -2.34. The van der Waals surface area contributed by atoms with Crippen LogP contribution in [0.3, 0.4) is 0 Å². The molecule has 26 heavy (non-hydrogen) atoms. The van der Waals surface area contributed by atoms with Crippen molar-refractivity contribution in [1.82, 2.24) is 19.6 Å². The maximum Gasteiger partial charge on any atom is 0.180 e. The predicted molar refractivity (Wildman–Crippen MR) is 100 cm³/mol. The van der Waals surface area contributed by atoms with Crippen molar-refractivity contribution in [3.8, 4) is 16.4 Å². The first kappa shape index (κ1) is 17.2. The van der Waals surface area contributed by atoms with Crippen LogP contribution < -0.4 is 4.74 Å². The Morgan fingerprint density at radius 1 is 1.35 bits per heavy atom. The van der Waals surface area contributed by atoms with Gasteiger partial charge in [0.15, 0.2) is 5.76 Å². The molecule has 6 nitrogen and oxygen atoms in total. The van der Waals surface area contributed by atoms with Gasteiger partial charge in [-0.3, -0.25) is 4.90 Å². The number of piperidine rings is 1. The Morgan fingerprint density at radius 2 is 2.27 bits per heavy atom. The second-order valence-corrected chi connectivity index (χ2v) is 7.50. The third-order valence-electron chi connectivity index (χ3n) is 4.80. The Labute approximate surface area is 156 Å². The van der Waals surface area contributed by atoms with Gasteiger partial charge in [-0.15, -0.1) is 5.10 Å². The molecule has 0 spiro atoms. The van der Waals surface area contributed by atoms with Gasteiger partial charge in [0.25, 0.3) is 0 Å². The minimum Gasteiger partial charge on any atom is -0.497 e. The average Bonchev–Trinajstić information content (AvgIpc) is 3.31. The largest absolute Gasteiger partial charge is 0.497 e. The van der Waals surface area contributed by atoms with Crippen molar-refractivity contribution in [1.29, 1.82) is 0 Å². The van der Waals surface area contributed by atoms with Crippen LogP contribution >= 0.6 is 11.5 Å². The molecule has 7 heteroatoms. The molecular formula is C19H22N4O2S. The Balaban J connectivity index is 1.50. The smallest absolute Gasteiger partial charge is 0.180 e. The van der Waals surface area contributed by atoms with Crippen LogP contribution in [0.2, 0.25) is 0 Å². The number of methoxy groups -OCH3 is 1. The van der Waals surface area contributed by atoms with Gasteiger partial charge in [0.1, 0.15) is 10.6 Å². The summed E-state index contributed by atoms with van der Waals surface area (Å²) in [6, 6.07) is 10.2. The van der Waals surface area contributed by atoms with E-state index < -0.39 is 0 Å². The Kier molecular flexibility index (Phi) is 4.99. The van der Waals surface area contributed by atoms with Crippen LogP contribution in [0.1, 0.15) is 35.7 Å². The molecule has 0 aliphatic carbocycles. The van der Waals surface area contributed by atoms with Gasteiger partial charge in [0.05, 0.1) is 18.5 Å². The van der Waals surface area contributed by atoms with Crippen LogP contribution in [0.4, 0.5) is 0 Å². The summed E-state index contributed by atoms with van der Waals surface area (Å²) in [5.74, 6) is 2.05. The van der Waals surface area contributed by atoms with E-state index in [0.29, 0.717) is 5.92 Å². The number of rotatable bonds is 5. The summed E-state index contributed by atoms with van der Waals surface area (Å²) in [5.41, 5.74) is 3.19. The highest BCUT2D eigenvalue weighted by atomic mass is 32.1. The number of aromatic nitrogens is 3. The minimum absolute atomic E-state index is 0.369. The van der Waals surface area contributed by atoms with Gasteiger partial charge < -0.3 is 9.26 Å². The fourth-order valence-corrected chi connectivity index (χ4v) is 4.26. The summed E-state index contributed by atoms with van der Waals surface area (Å²) in [7, 11) is 1.71. The topological polar surface area (TPSA) is 64.3 Å². The highest BCUT2D eigenvalue weighted by molar-refractivity contribution is 7.09. The van der Waals surface area contributed by atoms with E-state index in [1.54, 1.807) is 7.11 Å². The lowest BCUT2D eigenvalue weighted by Gasteiger charge is -2.32. The van der Waals surface area contributed by atoms with E-state index in [1.165, 1.54) is 17.1 Å². The molecule has 1 aromatic carbocycles. The number of hydrogen-bond acceptors (Lipinski definition) is 7. The molecule has 0 bridgehead atoms. The molecule has 136 valence electrons. The van der Waals surface area contributed by atoms with Gasteiger partial charge in [-0.25, -0.2) is 0 Å². The monoisotopic (exact) mass is 370 g/mol. The van der Waals surface area contributed by atoms with Crippen LogP contribution in [0.25, 0.3) is 10.6 Å². The summed E-state index contributed by atoms with van der Waals surface area (Å²) in [6.45, 7) is 4.92. The molecule has 3 heterocycles. The number of nitrogens with zero attached hydrogens (tertiary/aromatic N) is 4. The van der Waals surface area contributed by atoms with Gasteiger partial charge in [-0.2, -0.15) is 0 Å². The van der Waals surface area contributed by atoms with Gasteiger partial charge in [0.2, 0.25) is 0 Å². The molecule has 1 fully saturated rings. The fourth-order valence-electron chi connectivity index (χ4n) is 3.56. The zero-order valence-corrected chi connectivity index (χ0v) is 15.8. The molecule has 1 atom stereocenters. The molecule has 0 amide bonds. The van der Waals surface area contributed by atoms with E-state index in [-0.39, 0.29) is 0 Å². The molecule has 1 saturated heterocycles. The maximum atomic E-state index is 5.44. The van der Waals surface area contributed by atoms with Gasteiger partial charge in [0, 0.05) is 25.1 Å². The summed E-state index contributed by atoms with van der Waals surface area (Å²) < 4.78 is 15.0. The summed E-state index contributed by atoms with van der Waals surface area (Å²) >= 11 is 1.39. The van der Waals surface area contributed by atoms with Crippen molar-refractivity contribution in [2.24, 2.45) is 0 Å². The molecular weight excluding hydrogens is 348 g/mol. The summed E-state index contributed by atoms with van der Waals surface area (Å²) in [5, 5.41) is 8.43. The molecule has 1 aliphatic heterocycles. The van der Waals surface area contributed by atoms with Crippen LogP contribution in [0.15, 0.2) is 34.9 Å². The Bertz CT molecular complexity index is 876. The van der Waals surface area contributed by atoms with Gasteiger partial charge in [-0.05, 0) is 55.5 Å². The highest BCUT2D eigenvalue weighted by Crippen LogP contribution is 2.35. The van der Waals surface area contributed by atoms with E-state index in [0.717, 1.165) is 60.3 Å². The molecule has 2 aromatic heterocycles. The van der Waals surface area contributed by atoms with Crippen LogP contribution in [0.5, 0.6) is 5.75 Å². The third kappa shape index (κ3) is 3.64. The van der Waals surface area contributed by atoms with E-state index in [9.17, 15) is 0 Å². The van der Waals surface area contributed by atoms with Gasteiger partial charge >= 0.3 is 0 Å². The second-order valence-electron chi connectivity index (χ2n) is 6.75. The minimum atomic E-state index is 0.369. The van der Waals surface area contributed by atoms with Crippen LogP contribution in [-0.4, -0.2) is 39.8 Å². The van der Waals surface area contributed by atoms with Crippen molar-refractivity contribution in [3.63, 3.8) is 0 Å². The van der Waals surface area contributed by atoms with Crippen molar-refractivity contribution in [3.05, 3.63) is 47.3 Å². The summed E-state index contributed by atoms with van der Waals surface area (Å²) in [4.78, 5) is 3.50. The van der Waals surface area contributed by atoms with Crippen molar-refractivity contribution < 1.29 is 9.26 Å². The predicted octanol–water partition coefficient (Wildman–Crippen LogP) is 3.89. The number of ether oxygens (including phenoxy) is 1. The van der Waals surface area contributed by atoms with Crippen LogP contribution in [-0.2, 0) is 6.54 Å². The normalized spacial score (nSPS) is 18.2. The number of benzene rings is 1. The lowest BCUT2D eigenvalue weighted by molar-refractivity contribution is 0.198. The first-order chi connectivity index (χ1) is 12.7. The first-order valence-electron chi connectivity index (χ1n) is 8.84.